The van der Waals surface area contributed by atoms with E-state index < -0.39 is 5.97 Å². The van der Waals surface area contributed by atoms with Crippen LogP contribution in [0.15, 0.2) is 0 Å². The van der Waals surface area contributed by atoms with Crippen molar-refractivity contribution in [1.29, 1.82) is 0 Å². The van der Waals surface area contributed by atoms with E-state index in [1.807, 2.05) is 0 Å². The molecule has 0 aliphatic carbocycles. The molecule has 7 heavy (non-hydrogen) atoms. The van der Waals surface area contributed by atoms with Crippen LogP contribution in [-0.2, 0) is 4.79 Å². The zero-order valence-electron chi connectivity index (χ0n) is 2.76. The molecule has 0 aromatic heterocycles. The maximum absolute atomic E-state index is 9.00. The molecule has 0 radical (unpaired) electrons. The fraction of sp³-hybridized carbons (Fsp3) is 0.500. The molecule has 5 heteroatoms. The number of carboxylic acid groups (broad SMARTS) is 1. The zero-order chi connectivity index (χ0) is 3.58. The number of hydrogen-bond acceptors (Lipinski definition) is 1. The summed E-state index contributed by atoms with van der Waals surface area (Å²) in [6.45, 7) is 1.08. The zero-order valence-corrected chi connectivity index (χ0v) is 3.58. The number of hydrogen-bond donors (Lipinski definition) is 1. The molecule has 1 N–H and O–H groups in total. The third-order valence-electron chi connectivity index (χ3n) is 0. The molecule has 0 saturated carbocycles. The number of rotatable bonds is 0. The van der Waals surface area contributed by atoms with E-state index in [4.69, 9.17) is 9.90 Å². The van der Waals surface area contributed by atoms with E-state index in [0.29, 0.717) is 0 Å². The van der Waals surface area contributed by atoms with Crippen LogP contribution in [0, 0.1) is 0 Å². The van der Waals surface area contributed by atoms with Crippen LogP contribution in [0.4, 0.5) is 0 Å². The Morgan fingerprint density at radius 1 is 1.43 bits per heavy atom. The van der Waals surface area contributed by atoms with Crippen LogP contribution in [0.2, 0.25) is 0 Å². The standard InChI is InChI=1S/C2H4O2.2Ca.ClH.4H/c1-2(3)4;;;;;;;/h1H3,(H,3,4);;;1H;;;;. The van der Waals surface area contributed by atoms with Gasteiger partial charge in [-0.1, -0.05) is 0 Å². The van der Waals surface area contributed by atoms with Gasteiger partial charge in [0.2, 0.25) is 0 Å². The van der Waals surface area contributed by atoms with Gasteiger partial charge in [0.15, 0.2) is 0 Å². The molecule has 0 atom stereocenters. The van der Waals surface area contributed by atoms with Gasteiger partial charge in [0.25, 0.3) is 5.97 Å². The second-order valence-corrected chi connectivity index (χ2v) is 0.519. The van der Waals surface area contributed by atoms with Crippen LogP contribution in [-0.4, -0.2) is 86.6 Å². The maximum atomic E-state index is 9.00. The molecule has 0 heterocycles. The average molecular weight is 181 g/mol. The van der Waals surface area contributed by atoms with Crippen LogP contribution in [0.5, 0.6) is 0 Å². The van der Waals surface area contributed by atoms with Gasteiger partial charge in [-0.15, -0.1) is 12.4 Å². The second-order valence-electron chi connectivity index (χ2n) is 0.519. The first-order chi connectivity index (χ1) is 1.73. The van der Waals surface area contributed by atoms with E-state index in [9.17, 15) is 0 Å². The van der Waals surface area contributed by atoms with E-state index in [1.54, 1.807) is 0 Å². The van der Waals surface area contributed by atoms with Gasteiger partial charge in [0.05, 0.1) is 0 Å². The third kappa shape index (κ3) is 62.8. The Balaban J connectivity index is -0.0000000150. The Bertz CT molecular complexity index is 36.7. The molecular weight excluding hydrogens is 172 g/mol. The molecule has 40 valence electrons. The minimum atomic E-state index is -0.833. The summed E-state index contributed by atoms with van der Waals surface area (Å²) in [5.41, 5.74) is 0. The number of carboxylic acids is 1. The van der Waals surface area contributed by atoms with E-state index in [2.05, 4.69) is 0 Å². The average Bonchev–Trinajstić information content (AvgIpc) is 0.811. The van der Waals surface area contributed by atoms with Crippen molar-refractivity contribution in [2.75, 3.05) is 0 Å². The fourth-order valence-corrected chi connectivity index (χ4v) is 0. The van der Waals surface area contributed by atoms with E-state index in [0.717, 1.165) is 6.92 Å². The molecule has 2 nitrogen and oxygen atoms in total. The Morgan fingerprint density at radius 3 is 1.43 bits per heavy atom. The number of aliphatic carboxylic acids is 1. The fourth-order valence-electron chi connectivity index (χ4n) is 0. The van der Waals surface area contributed by atoms with Crippen LogP contribution in [0.25, 0.3) is 0 Å². The van der Waals surface area contributed by atoms with Crippen molar-refractivity contribution in [3.63, 3.8) is 0 Å². The molecule has 0 amide bonds. The summed E-state index contributed by atoms with van der Waals surface area (Å²) in [6.07, 6.45) is 0. The monoisotopic (exact) mass is 180 g/mol. The van der Waals surface area contributed by atoms with Crippen molar-refractivity contribution < 1.29 is 9.90 Å². The Morgan fingerprint density at radius 2 is 1.43 bits per heavy atom. The number of carbonyl (C=O) groups is 1. The van der Waals surface area contributed by atoms with Crippen LogP contribution >= 0.6 is 12.4 Å². The molecule has 0 aliphatic heterocycles. The summed E-state index contributed by atoms with van der Waals surface area (Å²) in [5.74, 6) is -0.833. The molecule has 0 aliphatic rings. The van der Waals surface area contributed by atoms with Crippen molar-refractivity contribution in [2.24, 2.45) is 0 Å². The third-order valence-corrected chi connectivity index (χ3v) is 0. The molecule has 0 fully saturated rings. The number of halogens is 1. The Labute approximate surface area is 108 Å². The van der Waals surface area contributed by atoms with Crippen LogP contribution < -0.4 is 0 Å². The molecule has 0 aromatic carbocycles. The normalized spacial score (nSPS) is 3.57. The molecular formula is C2H9Ca2ClO2. The first kappa shape index (κ1) is 22.8. The van der Waals surface area contributed by atoms with Crippen molar-refractivity contribution in [2.45, 2.75) is 6.92 Å². The summed E-state index contributed by atoms with van der Waals surface area (Å²) in [7, 11) is 0. The van der Waals surface area contributed by atoms with Gasteiger partial charge >= 0.3 is 75.5 Å². The molecule has 0 rings (SSSR count). The van der Waals surface area contributed by atoms with Gasteiger partial charge < -0.3 is 5.11 Å². The van der Waals surface area contributed by atoms with Crippen LogP contribution in [0.1, 0.15) is 6.92 Å². The quantitative estimate of drug-likeness (QED) is 0.470. The molecule has 0 aromatic rings. The van der Waals surface area contributed by atoms with E-state index in [1.165, 1.54) is 0 Å². The molecule has 0 unspecified atom stereocenters. The van der Waals surface area contributed by atoms with Gasteiger partial charge in [0.1, 0.15) is 0 Å². The minimum absolute atomic E-state index is 0. The SMILES string of the molecule is CC(=O)O.Cl.[CaH2].[CaH2]. The van der Waals surface area contributed by atoms with Gasteiger partial charge in [0, 0.05) is 6.92 Å². The van der Waals surface area contributed by atoms with Gasteiger partial charge in [-0.2, -0.15) is 0 Å². The molecule has 0 spiro atoms. The predicted octanol–water partition coefficient (Wildman–Crippen LogP) is -1.32. The summed E-state index contributed by atoms with van der Waals surface area (Å²) in [4.78, 5) is 9.00. The van der Waals surface area contributed by atoms with Crippen LogP contribution in [0.3, 0.4) is 0 Å². The second kappa shape index (κ2) is 15.7. The van der Waals surface area contributed by atoms with Gasteiger partial charge in [-0.05, 0) is 0 Å². The topological polar surface area (TPSA) is 37.3 Å². The van der Waals surface area contributed by atoms with Gasteiger partial charge in [-0.25, -0.2) is 0 Å². The first-order valence-electron chi connectivity index (χ1n) is 0.928. The summed E-state index contributed by atoms with van der Waals surface area (Å²) < 4.78 is 0. The Kier molecular flexibility index (Phi) is 51.3. The van der Waals surface area contributed by atoms with Crippen molar-refractivity contribution >= 4 is 93.9 Å². The summed E-state index contributed by atoms with van der Waals surface area (Å²) in [5, 5.41) is 7.42. The molecule has 0 bridgehead atoms. The summed E-state index contributed by atoms with van der Waals surface area (Å²) >= 11 is 0. The van der Waals surface area contributed by atoms with E-state index in [-0.39, 0.29) is 87.9 Å². The van der Waals surface area contributed by atoms with Crippen molar-refractivity contribution in [1.82, 2.24) is 0 Å². The summed E-state index contributed by atoms with van der Waals surface area (Å²) in [6, 6.07) is 0. The molecule has 0 saturated heterocycles. The first-order valence-corrected chi connectivity index (χ1v) is 0.928. The van der Waals surface area contributed by atoms with Gasteiger partial charge in [-0.3, -0.25) is 4.79 Å². The predicted molar refractivity (Wildman–Crippen MR) is 37.6 cm³/mol. The van der Waals surface area contributed by atoms with Crippen molar-refractivity contribution in [3.05, 3.63) is 0 Å². The van der Waals surface area contributed by atoms with E-state index >= 15 is 0 Å². The Hall–Kier alpha value is 2.28. The van der Waals surface area contributed by atoms with Crippen molar-refractivity contribution in [3.8, 4) is 0 Å².